The SMILES string of the molecule is CCCCCCCCCCCCCCCCCCOCCOCCOCCOCCOCCOCCOCCOCCOCCOCCOCCCCCCCCCCC[Si](OC)(OC)OC. The molecule has 0 fully saturated rings. The maximum absolute atomic E-state index is 5.71. The Morgan fingerprint density at radius 3 is 0.552 bits per heavy atom. The molecule has 0 N–H and O–H groups in total. The van der Waals surface area contributed by atoms with Crippen LogP contribution in [-0.2, 0) is 65.4 Å². The van der Waals surface area contributed by atoms with Gasteiger partial charge in [-0.2, -0.15) is 0 Å². The molecule has 0 radical (unpaired) electrons. The zero-order valence-electron chi connectivity index (χ0n) is 44.2. The van der Waals surface area contributed by atoms with Gasteiger partial charge in [0.15, 0.2) is 0 Å². The topological polar surface area (TPSA) is 129 Å². The number of unbranched alkanes of at least 4 members (excludes halogenated alkanes) is 23. The molecule has 67 heavy (non-hydrogen) atoms. The summed E-state index contributed by atoms with van der Waals surface area (Å²) < 4.78 is 77.9. The Balaban J connectivity index is 3.10. The molecule has 0 atom stereocenters. The first-order valence-electron chi connectivity index (χ1n) is 27.2. The van der Waals surface area contributed by atoms with Gasteiger partial charge in [-0.1, -0.05) is 148 Å². The summed E-state index contributed by atoms with van der Waals surface area (Å²) in [4.78, 5) is 0. The van der Waals surface area contributed by atoms with Gasteiger partial charge in [-0.3, -0.25) is 0 Å². The molecule has 0 aromatic carbocycles. The van der Waals surface area contributed by atoms with Crippen molar-refractivity contribution in [2.45, 2.75) is 173 Å². The summed E-state index contributed by atoms with van der Waals surface area (Å²) in [7, 11) is 2.65. The Morgan fingerprint density at radius 1 is 0.194 bits per heavy atom. The van der Waals surface area contributed by atoms with Gasteiger partial charge in [0.1, 0.15) is 0 Å². The van der Waals surface area contributed by atoms with Crippen molar-refractivity contribution in [2.24, 2.45) is 0 Å². The van der Waals surface area contributed by atoms with Crippen molar-refractivity contribution in [3.8, 4) is 0 Å². The first-order chi connectivity index (χ1) is 33.2. The highest BCUT2D eigenvalue weighted by atomic mass is 28.4. The van der Waals surface area contributed by atoms with Crippen LogP contribution in [0.3, 0.4) is 0 Å². The molecular weight excluding hydrogens is 877 g/mol. The molecular formula is C52H108O14Si. The van der Waals surface area contributed by atoms with Gasteiger partial charge < -0.3 is 65.4 Å². The van der Waals surface area contributed by atoms with Crippen LogP contribution in [0.5, 0.6) is 0 Å². The molecule has 14 nitrogen and oxygen atoms in total. The minimum Gasteiger partial charge on any atom is -0.379 e. The fourth-order valence-corrected chi connectivity index (χ4v) is 9.19. The molecule has 15 heteroatoms. The standard InChI is InChI=1S/C52H108O14Si/c1-5-6-7-8-9-10-11-12-13-14-15-16-18-21-24-27-30-56-32-34-58-36-38-60-40-42-62-44-46-64-48-50-66-51-49-65-47-45-63-43-41-61-39-37-59-35-33-57-31-28-25-22-19-17-20-23-26-29-52-67(53-2,54-3)55-4/h5-52H2,1-4H3. The Kier molecular flexibility index (Phi) is 59.7. The highest BCUT2D eigenvalue weighted by Gasteiger charge is 2.36. The van der Waals surface area contributed by atoms with Gasteiger partial charge in [-0.15, -0.1) is 0 Å². The van der Waals surface area contributed by atoms with E-state index in [1.807, 2.05) is 0 Å². The molecule has 0 aliphatic heterocycles. The highest BCUT2D eigenvalue weighted by Crippen LogP contribution is 2.19. The zero-order chi connectivity index (χ0) is 48.3. The van der Waals surface area contributed by atoms with Crippen molar-refractivity contribution in [1.82, 2.24) is 0 Å². The fraction of sp³-hybridized carbons (Fsp3) is 1.00. The van der Waals surface area contributed by atoms with Crippen LogP contribution in [0, 0.1) is 0 Å². The van der Waals surface area contributed by atoms with Crippen LogP contribution < -0.4 is 0 Å². The molecule has 0 unspecified atom stereocenters. The molecule has 0 aliphatic carbocycles. The minimum absolute atomic E-state index is 0.521. The first-order valence-corrected chi connectivity index (χ1v) is 29.2. The lowest BCUT2D eigenvalue weighted by molar-refractivity contribution is -0.0275. The number of ether oxygens (including phenoxy) is 11. The first kappa shape index (κ1) is 66.7. The lowest BCUT2D eigenvalue weighted by Crippen LogP contribution is -2.42. The lowest BCUT2D eigenvalue weighted by Gasteiger charge is -2.24. The molecule has 0 saturated carbocycles. The minimum atomic E-state index is -2.39. The van der Waals surface area contributed by atoms with Crippen LogP contribution in [0.15, 0.2) is 0 Å². The van der Waals surface area contributed by atoms with E-state index in [9.17, 15) is 0 Å². The van der Waals surface area contributed by atoms with Crippen molar-refractivity contribution >= 4 is 8.80 Å². The van der Waals surface area contributed by atoms with Crippen LogP contribution in [0.25, 0.3) is 0 Å². The normalized spacial score (nSPS) is 12.0. The smallest absolute Gasteiger partial charge is 0.379 e. The summed E-state index contributed by atoms with van der Waals surface area (Å²) in [5, 5.41) is 0. The van der Waals surface area contributed by atoms with Gasteiger partial charge in [0.25, 0.3) is 0 Å². The van der Waals surface area contributed by atoms with Crippen molar-refractivity contribution in [2.75, 3.05) is 167 Å². The van der Waals surface area contributed by atoms with Crippen LogP contribution >= 0.6 is 0 Å². The quantitative estimate of drug-likeness (QED) is 0.0423. The molecule has 0 heterocycles. The van der Waals surface area contributed by atoms with E-state index in [1.54, 1.807) is 21.3 Å². The van der Waals surface area contributed by atoms with Gasteiger partial charge in [0, 0.05) is 40.6 Å². The second-order valence-corrected chi connectivity index (χ2v) is 20.4. The van der Waals surface area contributed by atoms with Crippen LogP contribution in [0.1, 0.15) is 167 Å². The van der Waals surface area contributed by atoms with E-state index in [1.165, 1.54) is 141 Å². The highest BCUT2D eigenvalue weighted by molar-refractivity contribution is 6.60. The average Bonchev–Trinajstić information content (AvgIpc) is 3.35. The Morgan fingerprint density at radius 2 is 0.358 bits per heavy atom. The van der Waals surface area contributed by atoms with Crippen LogP contribution in [0.2, 0.25) is 6.04 Å². The van der Waals surface area contributed by atoms with E-state index in [4.69, 9.17) is 65.4 Å². The summed E-state index contributed by atoms with van der Waals surface area (Å²) >= 11 is 0. The number of rotatable bonds is 62. The van der Waals surface area contributed by atoms with Crippen LogP contribution in [-0.4, -0.2) is 175 Å². The lowest BCUT2D eigenvalue weighted by atomic mass is 10.0. The molecule has 0 spiro atoms. The van der Waals surface area contributed by atoms with Crippen LogP contribution in [0.4, 0.5) is 0 Å². The van der Waals surface area contributed by atoms with E-state index < -0.39 is 8.80 Å². The van der Waals surface area contributed by atoms with Crippen molar-refractivity contribution in [3.05, 3.63) is 0 Å². The predicted molar refractivity (Wildman–Crippen MR) is 272 cm³/mol. The molecule has 0 aliphatic rings. The Bertz CT molecular complexity index is 870. The second kappa shape index (κ2) is 60.0. The van der Waals surface area contributed by atoms with Crippen molar-refractivity contribution < 1.29 is 65.4 Å². The van der Waals surface area contributed by atoms with E-state index in [0.717, 1.165) is 38.5 Å². The van der Waals surface area contributed by atoms with E-state index in [2.05, 4.69) is 6.92 Å². The van der Waals surface area contributed by atoms with Crippen molar-refractivity contribution in [1.29, 1.82) is 0 Å². The molecule has 0 aromatic rings. The molecule has 404 valence electrons. The van der Waals surface area contributed by atoms with E-state index >= 15 is 0 Å². The van der Waals surface area contributed by atoms with Gasteiger partial charge in [-0.05, 0) is 19.3 Å². The summed E-state index contributed by atoms with van der Waals surface area (Å²) in [6.07, 6.45) is 33.3. The fourth-order valence-electron chi connectivity index (χ4n) is 7.39. The van der Waals surface area contributed by atoms with Gasteiger partial charge >= 0.3 is 8.80 Å². The summed E-state index contributed by atoms with van der Waals surface area (Å²) in [6.45, 7) is 15.0. The van der Waals surface area contributed by atoms with Gasteiger partial charge in [0.2, 0.25) is 0 Å². The monoisotopic (exact) mass is 985 g/mol. The predicted octanol–water partition coefficient (Wildman–Crippen LogP) is 10.8. The Labute approximate surface area is 413 Å². The average molecular weight is 986 g/mol. The molecule has 0 bridgehead atoms. The second-order valence-electron chi connectivity index (χ2n) is 17.3. The molecule has 0 aromatic heterocycles. The van der Waals surface area contributed by atoms with E-state index in [-0.39, 0.29) is 0 Å². The van der Waals surface area contributed by atoms with Gasteiger partial charge in [0.05, 0.1) is 132 Å². The summed E-state index contributed by atoms with van der Waals surface area (Å²) in [5.74, 6) is 0. The maximum atomic E-state index is 5.71. The largest absolute Gasteiger partial charge is 0.500 e. The van der Waals surface area contributed by atoms with Crippen molar-refractivity contribution in [3.63, 3.8) is 0 Å². The molecule has 0 amide bonds. The van der Waals surface area contributed by atoms with E-state index in [0.29, 0.717) is 132 Å². The number of hydrogen-bond donors (Lipinski definition) is 0. The zero-order valence-corrected chi connectivity index (χ0v) is 45.2. The third-order valence-electron chi connectivity index (χ3n) is 11.6. The third-order valence-corrected chi connectivity index (χ3v) is 14.4. The number of hydrogen-bond acceptors (Lipinski definition) is 14. The molecule has 0 rings (SSSR count). The van der Waals surface area contributed by atoms with Gasteiger partial charge in [-0.25, -0.2) is 0 Å². The Hall–Kier alpha value is -0.343. The summed E-state index contributed by atoms with van der Waals surface area (Å²) in [5.41, 5.74) is 0. The molecule has 0 saturated heterocycles. The maximum Gasteiger partial charge on any atom is 0.500 e. The summed E-state index contributed by atoms with van der Waals surface area (Å²) in [6, 6.07) is 0.893. The third kappa shape index (κ3) is 54.8.